The van der Waals surface area contributed by atoms with Crippen molar-refractivity contribution in [3.8, 4) is 17.6 Å². The molecule has 18 heavy (non-hydrogen) atoms. The maximum Gasteiger partial charge on any atom is 0.119 e. The maximum absolute atomic E-state index is 8.75. The predicted molar refractivity (Wildman–Crippen MR) is 73.6 cm³/mol. The Labute approximate surface area is 109 Å². The van der Waals surface area contributed by atoms with Gasteiger partial charge in [0.05, 0.1) is 13.7 Å². The number of methoxy groups -OCH3 is 1. The zero-order valence-electron chi connectivity index (χ0n) is 11.4. The third-order valence-electron chi connectivity index (χ3n) is 2.75. The van der Waals surface area contributed by atoms with Gasteiger partial charge in [-0.1, -0.05) is 18.8 Å². The summed E-state index contributed by atoms with van der Waals surface area (Å²) < 4.78 is 5.24. The molecular weight excluding hydrogens is 226 g/mol. The fraction of sp³-hybridized carbons (Fsp3) is 0.467. The van der Waals surface area contributed by atoms with Crippen LogP contribution in [-0.4, -0.2) is 37.3 Å². The van der Waals surface area contributed by atoms with Crippen LogP contribution < -0.4 is 4.74 Å². The van der Waals surface area contributed by atoms with Crippen molar-refractivity contribution in [3.63, 3.8) is 0 Å². The molecule has 0 saturated carbocycles. The van der Waals surface area contributed by atoms with E-state index in [2.05, 4.69) is 30.7 Å². The van der Waals surface area contributed by atoms with Crippen molar-refractivity contribution < 1.29 is 9.84 Å². The molecule has 0 radical (unpaired) electrons. The average Bonchev–Trinajstić information content (AvgIpc) is 2.40. The molecular formula is C15H21NO2. The summed E-state index contributed by atoms with van der Waals surface area (Å²) >= 11 is 0. The van der Waals surface area contributed by atoms with Crippen molar-refractivity contribution in [2.24, 2.45) is 0 Å². The van der Waals surface area contributed by atoms with Gasteiger partial charge in [0, 0.05) is 18.5 Å². The Morgan fingerprint density at radius 2 is 2.17 bits per heavy atom. The standard InChI is InChI=1S/C15H21NO2/c1-4-16(2)12-14-11-15(18-3)9-8-13(14)7-5-6-10-17/h8-9,11,17H,4,6,10,12H2,1-3H3. The lowest BCUT2D eigenvalue weighted by Gasteiger charge is -2.15. The van der Waals surface area contributed by atoms with Crippen LogP contribution >= 0.6 is 0 Å². The minimum absolute atomic E-state index is 0.105. The topological polar surface area (TPSA) is 32.7 Å². The molecule has 1 aromatic carbocycles. The van der Waals surface area contributed by atoms with Gasteiger partial charge < -0.3 is 14.7 Å². The van der Waals surface area contributed by atoms with Gasteiger partial charge in [-0.2, -0.15) is 0 Å². The first kappa shape index (κ1) is 14.6. The van der Waals surface area contributed by atoms with Crippen LogP contribution in [0.4, 0.5) is 0 Å². The van der Waals surface area contributed by atoms with Crippen LogP contribution in [0, 0.1) is 11.8 Å². The van der Waals surface area contributed by atoms with E-state index in [1.807, 2.05) is 18.2 Å². The Balaban J connectivity index is 2.97. The predicted octanol–water partition coefficient (Wildman–Crippen LogP) is 1.88. The van der Waals surface area contributed by atoms with Gasteiger partial charge in [-0.15, -0.1) is 0 Å². The largest absolute Gasteiger partial charge is 0.497 e. The molecule has 1 aromatic rings. The second kappa shape index (κ2) is 7.75. The quantitative estimate of drug-likeness (QED) is 0.806. The molecule has 0 amide bonds. The fourth-order valence-electron chi connectivity index (χ4n) is 1.57. The molecule has 0 fully saturated rings. The van der Waals surface area contributed by atoms with Crippen LogP contribution in [0.25, 0.3) is 0 Å². The molecule has 0 atom stereocenters. The number of aliphatic hydroxyl groups is 1. The van der Waals surface area contributed by atoms with Crippen LogP contribution in [0.3, 0.4) is 0 Å². The first-order valence-corrected chi connectivity index (χ1v) is 6.16. The molecule has 98 valence electrons. The van der Waals surface area contributed by atoms with Gasteiger partial charge in [-0.3, -0.25) is 0 Å². The lowest BCUT2D eigenvalue weighted by Crippen LogP contribution is -2.17. The van der Waals surface area contributed by atoms with Crippen molar-refractivity contribution >= 4 is 0 Å². The van der Waals surface area contributed by atoms with E-state index in [1.54, 1.807) is 7.11 Å². The number of nitrogens with zero attached hydrogens (tertiary/aromatic N) is 1. The highest BCUT2D eigenvalue weighted by Gasteiger charge is 2.05. The summed E-state index contributed by atoms with van der Waals surface area (Å²) in [6, 6.07) is 5.91. The molecule has 0 aliphatic rings. The molecule has 1 N–H and O–H groups in total. The smallest absolute Gasteiger partial charge is 0.119 e. The van der Waals surface area contributed by atoms with E-state index in [1.165, 1.54) is 0 Å². The molecule has 3 nitrogen and oxygen atoms in total. The van der Waals surface area contributed by atoms with Crippen molar-refractivity contribution in [2.45, 2.75) is 19.9 Å². The SMILES string of the molecule is CCN(C)Cc1cc(OC)ccc1C#CCCO. The monoisotopic (exact) mass is 247 g/mol. The Kier molecular flexibility index (Phi) is 6.27. The highest BCUT2D eigenvalue weighted by molar-refractivity contribution is 5.45. The molecule has 1 rings (SSSR count). The van der Waals surface area contributed by atoms with Gasteiger partial charge in [-0.05, 0) is 37.4 Å². The first-order valence-electron chi connectivity index (χ1n) is 6.16. The minimum atomic E-state index is 0.105. The molecule has 0 aliphatic carbocycles. The average molecular weight is 247 g/mol. The van der Waals surface area contributed by atoms with Gasteiger partial charge in [0.15, 0.2) is 0 Å². The van der Waals surface area contributed by atoms with E-state index in [0.29, 0.717) is 6.42 Å². The van der Waals surface area contributed by atoms with E-state index in [4.69, 9.17) is 9.84 Å². The molecule has 0 unspecified atom stereocenters. The molecule has 0 heterocycles. The zero-order valence-corrected chi connectivity index (χ0v) is 11.4. The van der Waals surface area contributed by atoms with Gasteiger partial charge in [0.25, 0.3) is 0 Å². The summed E-state index contributed by atoms with van der Waals surface area (Å²) in [5.41, 5.74) is 2.16. The zero-order chi connectivity index (χ0) is 13.4. The minimum Gasteiger partial charge on any atom is -0.497 e. The van der Waals surface area contributed by atoms with E-state index >= 15 is 0 Å². The number of hydrogen-bond donors (Lipinski definition) is 1. The van der Waals surface area contributed by atoms with Gasteiger partial charge >= 0.3 is 0 Å². The summed E-state index contributed by atoms with van der Waals surface area (Å²) in [7, 11) is 3.74. The molecule has 0 spiro atoms. The molecule has 0 saturated heterocycles. The van der Waals surface area contributed by atoms with Crippen molar-refractivity contribution in [2.75, 3.05) is 27.3 Å². The van der Waals surface area contributed by atoms with E-state index < -0.39 is 0 Å². The molecule has 0 aliphatic heterocycles. The number of benzene rings is 1. The van der Waals surface area contributed by atoms with Crippen LogP contribution in [-0.2, 0) is 6.54 Å². The fourth-order valence-corrected chi connectivity index (χ4v) is 1.57. The van der Waals surface area contributed by atoms with Crippen molar-refractivity contribution in [1.29, 1.82) is 0 Å². The number of ether oxygens (including phenoxy) is 1. The van der Waals surface area contributed by atoms with E-state index in [-0.39, 0.29) is 6.61 Å². The number of rotatable bonds is 5. The summed E-state index contributed by atoms with van der Waals surface area (Å²) in [5.74, 6) is 6.91. The van der Waals surface area contributed by atoms with Crippen LogP contribution in [0.1, 0.15) is 24.5 Å². The van der Waals surface area contributed by atoms with Gasteiger partial charge in [0.2, 0.25) is 0 Å². The maximum atomic E-state index is 8.75. The first-order chi connectivity index (χ1) is 8.71. The van der Waals surface area contributed by atoms with E-state index in [0.717, 1.165) is 30.0 Å². The normalized spacial score (nSPS) is 10.1. The summed E-state index contributed by atoms with van der Waals surface area (Å²) in [5, 5.41) is 8.75. The Morgan fingerprint density at radius 3 is 2.78 bits per heavy atom. The third kappa shape index (κ3) is 4.40. The summed E-state index contributed by atoms with van der Waals surface area (Å²) in [6.45, 7) is 4.06. The third-order valence-corrected chi connectivity index (χ3v) is 2.75. The van der Waals surface area contributed by atoms with Crippen LogP contribution in [0.15, 0.2) is 18.2 Å². The Morgan fingerprint density at radius 1 is 1.39 bits per heavy atom. The Hall–Kier alpha value is -1.50. The van der Waals surface area contributed by atoms with E-state index in [9.17, 15) is 0 Å². The highest BCUT2D eigenvalue weighted by atomic mass is 16.5. The van der Waals surface area contributed by atoms with Crippen molar-refractivity contribution in [1.82, 2.24) is 4.90 Å². The van der Waals surface area contributed by atoms with Gasteiger partial charge in [-0.25, -0.2) is 0 Å². The lowest BCUT2D eigenvalue weighted by atomic mass is 10.1. The molecule has 0 bridgehead atoms. The van der Waals surface area contributed by atoms with Gasteiger partial charge in [0.1, 0.15) is 5.75 Å². The Bertz CT molecular complexity index is 432. The summed E-state index contributed by atoms with van der Waals surface area (Å²) in [6.07, 6.45) is 0.509. The second-order valence-electron chi connectivity index (χ2n) is 4.13. The summed E-state index contributed by atoms with van der Waals surface area (Å²) in [4.78, 5) is 2.21. The lowest BCUT2D eigenvalue weighted by molar-refractivity contribution is 0.305. The van der Waals surface area contributed by atoms with Crippen LogP contribution in [0.5, 0.6) is 5.75 Å². The van der Waals surface area contributed by atoms with Crippen molar-refractivity contribution in [3.05, 3.63) is 29.3 Å². The second-order valence-corrected chi connectivity index (χ2v) is 4.13. The highest BCUT2D eigenvalue weighted by Crippen LogP contribution is 2.18. The number of hydrogen-bond acceptors (Lipinski definition) is 3. The number of aliphatic hydroxyl groups excluding tert-OH is 1. The molecule has 0 aromatic heterocycles. The van der Waals surface area contributed by atoms with Crippen LogP contribution in [0.2, 0.25) is 0 Å². The molecule has 3 heteroatoms.